The van der Waals surface area contributed by atoms with Crippen LogP contribution < -0.4 is 14.8 Å². The van der Waals surface area contributed by atoms with Crippen molar-refractivity contribution < 1.29 is 14.3 Å². The molecule has 0 aromatic heterocycles. The second-order valence-corrected chi connectivity index (χ2v) is 6.68. The van der Waals surface area contributed by atoms with Crippen molar-refractivity contribution >= 4 is 11.6 Å². The van der Waals surface area contributed by atoms with Crippen molar-refractivity contribution in [2.24, 2.45) is 0 Å². The maximum absolute atomic E-state index is 13.2. The Labute approximate surface area is 171 Å². The maximum Gasteiger partial charge on any atom is 0.246 e. The SMILES string of the molecule is COc1cccc(NC(=O)C(c2ccccc2)N(C)CCOc2ccccc2)c1. The van der Waals surface area contributed by atoms with Gasteiger partial charge in [-0.1, -0.05) is 54.6 Å². The monoisotopic (exact) mass is 390 g/mol. The Kier molecular flexibility index (Phi) is 7.25. The molecule has 0 saturated carbocycles. The van der Waals surface area contributed by atoms with Crippen LogP contribution in [0.25, 0.3) is 0 Å². The molecule has 0 heterocycles. The fraction of sp³-hybridized carbons (Fsp3) is 0.208. The molecule has 5 heteroatoms. The summed E-state index contributed by atoms with van der Waals surface area (Å²) in [6.07, 6.45) is 0. The van der Waals surface area contributed by atoms with E-state index in [0.29, 0.717) is 24.6 Å². The van der Waals surface area contributed by atoms with Crippen LogP contribution in [0.5, 0.6) is 11.5 Å². The van der Waals surface area contributed by atoms with Gasteiger partial charge in [-0.2, -0.15) is 0 Å². The minimum absolute atomic E-state index is 0.105. The van der Waals surface area contributed by atoms with E-state index in [1.165, 1.54) is 0 Å². The van der Waals surface area contributed by atoms with Crippen molar-refractivity contribution in [3.63, 3.8) is 0 Å². The zero-order valence-corrected chi connectivity index (χ0v) is 16.7. The second kappa shape index (κ2) is 10.3. The summed E-state index contributed by atoms with van der Waals surface area (Å²) in [6, 6.07) is 26.3. The molecule has 1 N–H and O–H groups in total. The highest BCUT2D eigenvalue weighted by Crippen LogP contribution is 2.23. The first-order chi connectivity index (χ1) is 14.2. The van der Waals surface area contributed by atoms with Crippen molar-refractivity contribution in [3.05, 3.63) is 90.5 Å². The minimum atomic E-state index is -0.443. The van der Waals surface area contributed by atoms with Gasteiger partial charge in [0.05, 0.1) is 7.11 Å². The number of para-hydroxylation sites is 1. The second-order valence-electron chi connectivity index (χ2n) is 6.68. The van der Waals surface area contributed by atoms with Crippen LogP contribution in [-0.4, -0.2) is 38.1 Å². The number of ether oxygens (including phenoxy) is 2. The number of hydrogen-bond donors (Lipinski definition) is 1. The van der Waals surface area contributed by atoms with Crippen LogP contribution in [0.4, 0.5) is 5.69 Å². The lowest BCUT2D eigenvalue weighted by atomic mass is 10.0. The Hall–Kier alpha value is -3.31. The highest BCUT2D eigenvalue weighted by atomic mass is 16.5. The van der Waals surface area contributed by atoms with E-state index in [4.69, 9.17) is 9.47 Å². The fourth-order valence-corrected chi connectivity index (χ4v) is 3.11. The number of benzene rings is 3. The van der Waals surface area contributed by atoms with E-state index in [9.17, 15) is 4.79 Å². The third kappa shape index (κ3) is 5.83. The summed E-state index contributed by atoms with van der Waals surface area (Å²) in [5.74, 6) is 1.41. The number of nitrogens with one attached hydrogen (secondary N) is 1. The van der Waals surface area contributed by atoms with Crippen LogP contribution >= 0.6 is 0 Å². The molecule has 29 heavy (non-hydrogen) atoms. The summed E-state index contributed by atoms with van der Waals surface area (Å²) in [7, 11) is 3.53. The Bertz CT molecular complexity index is 900. The predicted molar refractivity (Wildman–Crippen MR) is 115 cm³/mol. The third-order valence-electron chi connectivity index (χ3n) is 4.60. The Morgan fingerprint density at radius 3 is 2.28 bits per heavy atom. The smallest absolute Gasteiger partial charge is 0.246 e. The lowest BCUT2D eigenvalue weighted by Crippen LogP contribution is -2.37. The van der Waals surface area contributed by atoms with Gasteiger partial charge < -0.3 is 14.8 Å². The zero-order valence-electron chi connectivity index (χ0n) is 16.7. The summed E-state index contributed by atoms with van der Waals surface area (Å²) < 4.78 is 11.0. The van der Waals surface area contributed by atoms with E-state index in [1.54, 1.807) is 13.2 Å². The molecule has 3 aromatic rings. The summed E-state index contributed by atoms with van der Waals surface area (Å²) >= 11 is 0. The lowest BCUT2D eigenvalue weighted by molar-refractivity contribution is -0.121. The average molecular weight is 390 g/mol. The quantitative estimate of drug-likeness (QED) is 0.589. The minimum Gasteiger partial charge on any atom is -0.497 e. The molecule has 0 aliphatic heterocycles. The van der Waals surface area contributed by atoms with Crippen molar-refractivity contribution in [1.29, 1.82) is 0 Å². The molecule has 150 valence electrons. The highest BCUT2D eigenvalue weighted by molar-refractivity contribution is 5.95. The van der Waals surface area contributed by atoms with Crippen LogP contribution in [0.15, 0.2) is 84.9 Å². The first-order valence-corrected chi connectivity index (χ1v) is 9.55. The molecule has 0 fully saturated rings. The third-order valence-corrected chi connectivity index (χ3v) is 4.60. The first kappa shape index (κ1) is 20.4. The molecule has 1 amide bonds. The fourth-order valence-electron chi connectivity index (χ4n) is 3.11. The van der Waals surface area contributed by atoms with Gasteiger partial charge in [0.25, 0.3) is 0 Å². The van der Waals surface area contributed by atoms with Gasteiger partial charge in [0.15, 0.2) is 0 Å². The largest absolute Gasteiger partial charge is 0.497 e. The van der Waals surface area contributed by atoms with Crippen molar-refractivity contribution in [3.8, 4) is 11.5 Å². The standard InChI is InChI=1S/C24H26N2O3/c1-26(16-17-29-21-13-7-4-8-14-21)23(19-10-5-3-6-11-19)24(27)25-20-12-9-15-22(18-20)28-2/h3-15,18,23H,16-17H2,1-2H3,(H,25,27). The number of nitrogens with zero attached hydrogens (tertiary/aromatic N) is 1. The molecular weight excluding hydrogens is 364 g/mol. The summed E-state index contributed by atoms with van der Waals surface area (Å²) in [6.45, 7) is 1.08. The summed E-state index contributed by atoms with van der Waals surface area (Å²) in [5.41, 5.74) is 1.62. The van der Waals surface area contributed by atoms with Gasteiger partial charge in [-0.05, 0) is 36.9 Å². The van der Waals surface area contributed by atoms with Gasteiger partial charge in [0.1, 0.15) is 24.1 Å². The van der Waals surface area contributed by atoms with Gasteiger partial charge >= 0.3 is 0 Å². The van der Waals surface area contributed by atoms with Gasteiger partial charge in [-0.15, -0.1) is 0 Å². The molecule has 0 aliphatic carbocycles. The normalized spacial score (nSPS) is 11.7. The van der Waals surface area contributed by atoms with Crippen molar-refractivity contribution in [2.45, 2.75) is 6.04 Å². The number of carbonyl (C=O) groups is 1. The van der Waals surface area contributed by atoms with E-state index in [1.807, 2.05) is 90.8 Å². The average Bonchev–Trinajstić information content (AvgIpc) is 2.75. The van der Waals surface area contributed by atoms with Gasteiger partial charge in [-0.25, -0.2) is 0 Å². The zero-order chi connectivity index (χ0) is 20.5. The van der Waals surface area contributed by atoms with Crippen molar-refractivity contribution in [1.82, 2.24) is 4.90 Å². The molecule has 5 nitrogen and oxygen atoms in total. The first-order valence-electron chi connectivity index (χ1n) is 9.55. The van der Waals surface area contributed by atoms with Crippen LogP contribution in [-0.2, 0) is 4.79 Å². The van der Waals surface area contributed by atoms with Crippen LogP contribution in [0.2, 0.25) is 0 Å². The molecule has 3 rings (SSSR count). The molecule has 0 spiro atoms. The van der Waals surface area contributed by atoms with Crippen LogP contribution in [0.3, 0.4) is 0 Å². The van der Waals surface area contributed by atoms with E-state index in [-0.39, 0.29) is 5.91 Å². The molecule has 1 atom stereocenters. The predicted octanol–water partition coefficient (Wildman–Crippen LogP) is 4.39. The van der Waals surface area contributed by atoms with Crippen molar-refractivity contribution in [2.75, 3.05) is 32.6 Å². The van der Waals surface area contributed by atoms with E-state index in [2.05, 4.69) is 5.32 Å². The molecule has 0 aliphatic rings. The van der Waals surface area contributed by atoms with E-state index >= 15 is 0 Å². The van der Waals surface area contributed by atoms with Gasteiger partial charge in [0, 0.05) is 18.3 Å². The molecule has 3 aromatic carbocycles. The van der Waals surface area contributed by atoms with E-state index in [0.717, 1.165) is 11.3 Å². The molecular formula is C24H26N2O3. The highest BCUT2D eigenvalue weighted by Gasteiger charge is 2.25. The number of rotatable bonds is 9. The molecule has 0 radical (unpaired) electrons. The Morgan fingerprint density at radius 2 is 1.59 bits per heavy atom. The van der Waals surface area contributed by atoms with Crippen LogP contribution in [0, 0.1) is 0 Å². The molecule has 0 bridgehead atoms. The number of hydrogen-bond acceptors (Lipinski definition) is 4. The lowest BCUT2D eigenvalue weighted by Gasteiger charge is -2.27. The molecule has 1 unspecified atom stereocenters. The number of likely N-dealkylation sites (N-methyl/N-ethyl adjacent to an activating group) is 1. The summed E-state index contributed by atoms with van der Waals surface area (Å²) in [4.78, 5) is 15.1. The number of amides is 1. The number of methoxy groups -OCH3 is 1. The molecule has 0 saturated heterocycles. The number of carbonyl (C=O) groups excluding carboxylic acids is 1. The Balaban J connectivity index is 1.70. The number of anilines is 1. The topological polar surface area (TPSA) is 50.8 Å². The Morgan fingerprint density at radius 1 is 0.931 bits per heavy atom. The van der Waals surface area contributed by atoms with Gasteiger partial charge in [0.2, 0.25) is 5.91 Å². The van der Waals surface area contributed by atoms with Crippen LogP contribution in [0.1, 0.15) is 11.6 Å². The van der Waals surface area contributed by atoms with E-state index < -0.39 is 6.04 Å². The maximum atomic E-state index is 13.2. The van der Waals surface area contributed by atoms with Gasteiger partial charge in [-0.3, -0.25) is 9.69 Å². The summed E-state index contributed by atoms with van der Waals surface area (Å²) in [5, 5.41) is 3.00.